The molecule has 2 aromatic heterocycles. The molecule has 106 valence electrons. The third kappa shape index (κ3) is 2.78. The molecule has 0 bridgehead atoms. The quantitative estimate of drug-likeness (QED) is 0.791. The molecule has 3 heteroatoms. The van der Waals surface area contributed by atoms with Gasteiger partial charge in [-0.2, -0.15) is 0 Å². The predicted octanol–water partition coefficient (Wildman–Crippen LogP) is 3.64. The molecule has 0 saturated heterocycles. The van der Waals surface area contributed by atoms with E-state index in [9.17, 15) is 0 Å². The van der Waals surface area contributed by atoms with E-state index in [1.807, 2.05) is 25.5 Å². The topological polar surface area (TPSA) is 37.8 Å². The molecular formula is C18H19N3. The number of aryl methyl sites for hydroxylation is 1. The fraction of sp³-hybridized carbons (Fsp3) is 0.222. The number of nitrogens with one attached hydrogen (secondary N) is 1. The minimum Gasteiger partial charge on any atom is -0.306 e. The monoisotopic (exact) mass is 277 g/mol. The second kappa shape index (κ2) is 6.02. The SMILES string of the molecule is CCNC(c1ccc(C)nc1)c1cccc2cnccc12. The highest BCUT2D eigenvalue weighted by Crippen LogP contribution is 2.28. The number of benzene rings is 1. The van der Waals surface area contributed by atoms with Crippen LogP contribution in [0.1, 0.15) is 29.8 Å². The Morgan fingerprint density at radius 2 is 2.00 bits per heavy atom. The average molecular weight is 277 g/mol. The van der Waals surface area contributed by atoms with E-state index in [0.717, 1.165) is 17.6 Å². The third-order valence-corrected chi connectivity index (χ3v) is 3.70. The fourth-order valence-electron chi connectivity index (χ4n) is 2.66. The van der Waals surface area contributed by atoms with Gasteiger partial charge in [-0.1, -0.05) is 31.2 Å². The maximum atomic E-state index is 4.44. The van der Waals surface area contributed by atoms with Crippen LogP contribution in [-0.2, 0) is 0 Å². The molecule has 1 unspecified atom stereocenters. The molecule has 1 aromatic carbocycles. The van der Waals surface area contributed by atoms with Gasteiger partial charge in [0, 0.05) is 29.7 Å². The Balaban J connectivity index is 2.13. The van der Waals surface area contributed by atoms with Gasteiger partial charge in [0.15, 0.2) is 0 Å². The van der Waals surface area contributed by atoms with E-state index in [1.165, 1.54) is 16.5 Å². The van der Waals surface area contributed by atoms with Crippen molar-refractivity contribution in [1.29, 1.82) is 0 Å². The molecule has 0 aliphatic carbocycles. The molecule has 0 fully saturated rings. The average Bonchev–Trinajstić information content (AvgIpc) is 2.53. The molecule has 3 rings (SSSR count). The molecule has 3 nitrogen and oxygen atoms in total. The van der Waals surface area contributed by atoms with Gasteiger partial charge in [-0.05, 0) is 42.1 Å². The molecule has 1 atom stereocenters. The van der Waals surface area contributed by atoms with E-state index < -0.39 is 0 Å². The number of aromatic nitrogens is 2. The standard InChI is InChI=1S/C18H19N3/c1-3-20-18(15-8-7-13(2)21-12-15)17-6-4-5-14-11-19-10-9-16(14)17/h4-12,18,20H,3H2,1-2H3. The van der Waals surface area contributed by atoms with Crippen LogP contribution >= 0.6 is 0 Å². The third-order valence-electron chi connectivity index (χ3n) is 3.70. The van der Waals surface area contributed by atoms with Crippen molar-refractivity contribution in [3.05, 3.63) is 71.8 Å². The van der Waals surface area contributed by atoms with Crippen LogP contribution in [0, 0.1) is 6.92 Å². The Labute approximate surface area is 125 Å². The largest absolute Gasteiger partial charge is 0.306 e. The normalized spacial score (nSPS) is 12.5. The van der Waals surface area contributed by atoms with Gasteiger partial charge < -0.3 is 5.32 Å². The summed E-state index contributed by atoms with van der Waals surface area (Å²) in [7, 11) is 0. The molecule has 0 saturated carbocycles. The van der Waals surface area contributed by atoms with Gasteiger partial charge in [-0.15, -0.1) is 0 Å². The summed E-state index contributed by atoms with van der Waals surface area (Å²) < 4.78 is 0. The van der Waals surface area contributed by atoms with Gasteiger partial charge >= 0.3 is 0 Å². The van der Waals surface area contributed by atoms with Crippen LogP contribution in [0.2, 0.25) is 0 Å². The molecule has 0 aliphatic rings. The van der Waals surface area contributed by atoms with Crippen LogP contribution in [0.25, 0.3) is 10.8 Å². The van der Waals surface area contributed by atoms with E-state index in [0.29, 0.717) is 0 Å². The first-order valence-electron chi connectivity index (χ1n) is 7.28. The molecular weight excluding hydrogens is 258 g/mol. The van der Waals surface area contributed by atoms with Crippen molar-refractivity contribution in [1.82, 2.24) is 15.3 Å². The van der Waals surface area contributed by atoms with Crippen molar-refractivity contribution < 1.29 is 0 Å². The van der Waals surface area contributed by atoms with Gasteiger partial charge in [0.25, 0.3) is 0 Å². The van der Waals surface area contributed by atoms with Gasteiger partial charge in [-0.25, -0.2) is 0 Å². The highest BCUT2D eigenvalue weighted by Gasteiger charge is 2.15. The molecule has 1 N–H and O–H groups in total. The van der Waals surface area contributed by atoms with E-state index in [-0.39, 0.29) is 6.04 Å². The van der Waals surface area contributed by atoms with Crippen molar-refractivity contribution in [3.8, 4) is 0 Å². The number of hydrogen-bond donors (Lipinski definition) is 1. The number of rotatable bonds is 4. The van der Waals surface area contributed by atoms with Crippen molar-refractivity contribution in [2.45, 2.75) is 19.9 Å². The van der Waals surface area contributed by atoms with Gasteiger partial charge in [-0.3, -0.25) is 9.97 Å². The van der Waals surface area contributed by atoms with E-state index >= 15 is 0 Å². The smallest absolute Gasteiger partial charge is 0.0598 e. The molecule has 2 heterocycles. The lowest BCUT2D eigenvalue weighted by Gasteiger charge is -2.20. The van der Waals surface area contributed by atoms with Crippen molar-refractivity contribution >= 4 is 10.8 Å². The van der Waals surface area contributed by atoms with Crippen molar-refractivity contribution in [2.24, 2.45) is 0 Å². The van der Waals surface area contributed by atoms with E-state index in [1.54, 1.807) is 0 Å². The summed E-state index contributed by atoms with van der Waals surface area (Å²) in [6.07, 6.45) is 5.72. The van der Waals surface area contributed by atoms with Crippen LogP contribution in [0.4, 0.5) is 0 Å². The molecule has 0 aliphatic heterocycles. The van der Waals surface area contributed by atoms with Crippen molar-refractivity contribution in [2.75, 3.05) is 6.54 Å². The lowest BCUT2D eigenvalue weighted by Crippen LogP contribution is -2.22. The Kier molecular flexibility index (Phi) is 3.93. The number of fused-ring (bicyclic) bond motifs is 1. The van der Waals surface area contributed by atoms with Crippen LogP contribution in [0.3, 0.4) is 0 Å². The number of nitrogens with zero attached hydrogens (tertiary/aromatic N) is 2. The van der Waals surface area contributed by atoms with Gasteiger partial charge in [0.1, 0.15) is 0 Å². The molecule has 3 aromatic rings. The summed E-state index contributed by atoms with van der Waals surface area (Å²) in [6.45, 7) is 5.04. The summed E-state index contributed by atoms with van der Waals surface area (Å²) in [6, 6.07) is 12.8. The number of hydrogen-bond acceptors (Lipinski definition) is 3. The molecule has 0 amide bonds. The lowest BCUT2D eigenvalue weighted by atomic mass is 9.95. The fourth-order valence-corrected chi connectivity index (χ4v) is 2.66. The highest BCUT2D eigenvalue weighted by molar-refractivity contribution is 5.85. The summed E-state index contributed by atoms with van der Waals surface area (Å²) in [5.74, 6) is 0. The maximum absolute atomic E-state index is 4.44. The Morgan fingerprint density at radius 3 is 2.76 bits per heavy atom. The Hall–Kier alpha value is -2.26. The Morgan fingerprint density at radius 1 is 1.10 bits per heavy atom. The van der Waals surface area contributed by atoms with Crippen LogP contribution in [0.15, 0.2) is 55.0 Å². The van der Waals surface area contributed by atoms with Crippen LogP contribution in [-0.4, -0.2) is 16.5 Å². The van der Waals surface area contributed by atoms with Gasteiger partial charge in [0.05, 0.1) is 6.04 Å². The summed E-state index contributed by atoms with van der Waals surface area (Å²) in [4.78, 5) is 8.65. The molecule has 0 radical (unpaired) electrons. The zero-order valence-corrected chi connectivity index (χ0v) is 12.4. The second-order valence-electron chi connectivity index (χ2n) is 5.17. The van der Waals surface area contributed by atoms with E-state index in [2.05, 4.69) is 58.6 Å². The first-order valence-corrected chi connectivity index (χ1v) is 7.28. The summed E-state index contributed by atoms with van der Waals surface area (Å²) in [5, 5.41) is 5.97. The van der Waals surface area contributed by atoms with Crippen LogP contribution < -0.4 is 5.32 Å². The van der Waals surface area contributed by atoms with Gasteiger partial charge in [0.2, 0.25) is 0 Å². The molecule has 21 heavy (non-hydrogen) atoms. The highest BCUT2D eigenvalue weighted by atomic mass is 14.9. The van der Waals surface area contributed by atoms with Crippen LogP contribution in [0.5, 0.6) is 0 Å². The summed E-state index contributed by atoms with van der Waals surface area (Å²) in [5.41, 5.74) is 3.49. The van der Waals surface area contributed by atoms with Crippen molar-refractivity contribution in [3.63, 3.8) is 0 Å². The maximum Gasteiger partial charge on any atom is 0.0598 e. The minimum atomic E-state index is 0.147. The molecule has 0 spiro atoms. The lowest BCUT2D eigenvalue weighted by molar-refractivity contribution is 0.632. The first-order chi connectivity index (χ1) is 10.3. The zero-order chi connectivity index (χ0) is 14.7. The first kappa shape index (κ1) is 13.7. The zero-order valence-electron chi connectivity index (χ0n) is 12.4. The Bertz CT molecular complexity index is 730. The number of pyridine rings is 2. The van der Waals surface area contributed by atoms with E-state index in [4.69, 9.17) is 0 Å². The summed E-state index contributed by atoms with van der Waals surface area (Å²) >= 11 is 0. The second-order valence-corrected chi connectivity index (χ2v) is 5.17. The minimum absolute atomic E-state index is 0.147. The predicted molar refractivity (Wildman–Crippen MR) is 86.2 cm³/mol.